The van der Waals surface area contributed by atoms with Gasteiger partial charge < -0.3 is 14.9 Å². The number of rotatable bonds is 32. The Morgan fingerprint density at radius 2 is 1.04 bits per heavy atom. The maximum Gasteiger partial charge on any atom is 0.201 e. The molecule has 0 saturated heterocycles. The zero-order valence-corrected chi connectivity index (χ0v) is 36.5. The zero-order chi connectivity index (χ0) is 39.7. The Morgan fingerprint density at radius 3 is 1.47 bits per heavy atom. The monoisotopic (exact) mass is 776 g/mol. The molecule has 1 heterocycles. The average molecular weight is 776 g/mol. The van der Waals surface area contributed by atoms with E-state index in [9.17, 15) is 14.7 Å². The molecule has 0 bridgehead atoms. The quantitative estimate of drug-likeness (QED) is 0.0580. The molecule has 0 unspecified atom stereocenters. The molecule has 0 radical (unpaired) electrons. The number of nitrogens with zero attached hydrogens (tertiary/aromatic N) is 3. The average Bonchev–Trinajstić information content (AvgIpc) is 3.55. The molecule has 0 atom stereocenters. The first-order chi connectivity index (χ1) is 26.9. The Morgan fingerprint density at radius 1 is 0.600 bits per heavy atom. The summed E-state index contributed by atoms with van der Waals surface area (Å²) in [6, 6.07) is 0. The summed E-state index contributed by atoms with van der Waals surface area (Å²) in [5.41, 5.74) is 2.55. The topological polar surface area (TPSA) is 73.7 Å². The number of aryl methyl sites for hydroxylation is 1. The minimum atomic E-state index is -0.273. The lowest BCUT2D eigenvalue weighted by atomic mass is 9.82. The van der Waals surface area contributed by atoms with Gasteiger partial charge in [0.2, 0.25) is 5.78 Å². The first kappa shape index (κ1) is 46.5. The van der Waals surface area contributed by atoms with Crippen molar-refractivity contribution in [2.45, 2.75) is 189 Å². The summed E-state index contributed by atoms with van der Waals surface area (Å²) >= 11 is 1.67. The van der Waals surface area contributed by atoms with Crippen LogP contribution in [0.3, 0.4) is 0 Å². The summed E-state index contributed by atoms with van der Waals surface area (Å²) in [6.07, 6.45) is 39.1. The van der Waals surface area contributed by atoms with E-state index < -0.39 is 0 Å². The van der Waals surface area contributed by atoms with Crippen LogP contribution in [0.2, 0.25) is 0 Å². The Hall–Kier alpha value is -2.93. The highest BCUT2D eigenvalue weighted by atomic mass is 32.1. The number of Topliss-reactive ketones (excluding diaryl/α,β-unsaturated/α-hetero) is 1. The second-order valence-electron chi connectivity index (χ2n) is 16.0. The van der Waals surface area contributed by atoms with Crippen LogP contribution in [0.15, 0.2) is 52.5 Å². The summed E-state index contributed by atoms with van der Waals surface area (Å²) in [7, 11) is 0. The number of aliphatic hydroxyl groups excluding tert-OH is 1. The van der Waals surface area contributed by atoms with Gasteiger partial charge in [0, 0.05) is 43.5 Å². The van der Waals surface area contributed by atoms with Gasteiger partial charge in [0.1, 0.15) is 5.76 Å². The van der Waals surface area contributed by atoms with Gasteiger partial charge in [-0.05, 0) is 56.9 Å². The molecule has 2 aliphatic rings. The van der Waals surface area contributed by atoms with Crippen LogP contribution in [0.1, 0.15) is 192 Å². The van der Waals surface area contributed by atoms with Gasteiger partial charge in [-0.1, -0.05) is 167 Å². The second-order valence-corrected chi connectivity index (χ2v) is 17.0. The number of anilines is 1. The van der Waals surface area contributed by atoms with Crippen molar-refractivity contribution < 1.29 is 14.7 Å². The molecule has 0 aromatic carbocycles. The Kier molecular flexibility index (Phi) is 23.3. The molecule has 7 heteroatoms. The van der Waals surface area contributed by atoms with Gasteiger partial charge in [-0.2, -0.15) is 0 Å². The van der Waals surface area contributed by atoms with Crippen LogP contribution in [-0.4, -0.2) is 52.7 Å². The first-order valence-electron chi connectivity index (χ1n) is 22.7. The molecular formula is C48H77N3O3S. The number of aliphatic hydroxyl groups is 1. The fourth-order valence-corrected chi connectivity index (χ4v) is 8.61. The van der Waals surface area contributed by atoms with Crippen LogP contribution in [0.4, 0.5) is 5.13 Å². The van der Waals surface area contributed by atoms with Crippen LogP contribution in [-0.2, 0) is 9.59 Å². The molecule has 1 N–H and O–H groups in total. The number of ketones is 2. The number of unbranched alkanes of at least 4 members (excludes halogenated alkanes) is 20. The molecule has 0 spiro atoms. The minimum absolute atomic E-state index is 0.0859. The number of carbonyl (C=O) groups is 2. The van der Waals surface area contributed by atoms with Crippen LogP contribution >= 0.6 is 11.3 Å². The molecule has 55 heavy (non-hydrogen) atoms. The molecule has 3 rings (SSSR count). The third kappa shape index (κ3) is 16.2. The highest BCUT2D eigenvalue weighted by Gasteiger charge is 2.36. The number of hydrogen-bond donors (Lipinski definition) is 1. The van der Waals surface area contributed by atoms with E-state index in [0.29, 0.717) is 5.57 Å². The van der Waals surface area contributed by atoms with Crippen molar-refractivity contribution in [2.24, 2.45) is 0 Å². The normalized spacial score (nSPS) is 15.8. The van der Waals surface area contributed by atoms with E-state index in [2.05, 4.69) is 37.5 Å². The van der Waals surface area contributed by atoms with Gasteiger partial charge in [0.05, 0.1) is 21.7 Å². The Bertz CT molecular complexity index is 1420. The fraction of sp³-hybridized carbons (Fsp3) is 0.688. The van der Waals surface area contributed by atoms with E-state index in [0.717, 1.165) is 60.4 Å². The van der Waals surface area contributed by atoms with E-state index in [4.69, 9.17) is 4.98 Å². The first-order valence-corrected chi connectivity index (χ1v) is 23.5. The van der Waals surface area contributed by atoms with Crippen LogP contribution in [0.5, 0.6) is 0 Å². The summed E-state index contributed by atoms with van der Waals surface area (Å²) in [5, 5.41) is 12.1. The molecule has 308 valence electrons. The van der Waals surface area contributed by atoms with Gasteiger partial charge in [0.25, 0.3) is 0 Å². The smallest absolute Gasteiger partial charge is 0.201 e. The third-order valence-electron chi connectivity index (χ3n) is 11.2. The van der Waals surface area contributed by atoms with Crippen molar-refractivity contribution >= 4 is 34.1 Å². The molecule has 0 amide bonds. The van der Waals surface area contributed by atoms with Crippen molar-refractivity contribution in [1.82, 2.24) is 9.88 Å². The van der Waals surface area contributed by atoms with Gasteiger partial charge in [-0.3, -0.25) is 9.59 Å². The molecule has 1 aromatic rings. The molecule has 0 saturated carbocycles. The van der Waals surface area contributed by atoms with Crippen molar-refractivity contribution in [2.75, 3.05) is 31.1 Å². The summed E-state index contributed by atoms with van der Waals surface area (Å²) < 4.78 is 0. The van der Waals surface area contributed by atoms with E-state index in [1.165, 1.54) is 141 Å². The van der Waals surface area contributed by atoms with E-state index >= 15 is 0 Å². The molecule has 0 aliphatic heterocycles. The van der Waals surface area contributed by atoms with Gasteiger partial charge in [-0.15, -0.1) is 0 Å². The van der Waals surface area contributed by atoms with Crippen molar-refractivity contribution in [1.29, 1.82) is 0 Å². The van der Waals surface area contributed by atoms with Crippen LogP contribution in [0.25, 0.3) is 6.08 Å². The lowest BCUT2D eigenvalue weighted by Crippen LogP contribution is -2.28. The minimum Gasteiger partial charge on any atom is -0.506 e. The van der Waals surface area contributed by atoms with E-state index in [-0.39, 0.29) is 28.5 Å². The second kappa shape index (κ2) is 27.6. The van der Waals surface area contributed by atoms with Gasteiger partial charge >= 0.3 is 0 Å². The number of allylic oxidation sites excluding steroid dienone is 7. The lowest BCUT2D eigenvalue weighted by Gasteiger charge is -2.28. The number of hydrogen-bond acceptors (Lipinski definition) is 7. The summed E-state index contributed by atoms with van der Waals surface area (Å²) in [5.74, 6) is -0.563. The summed E-state index contributed by atoms with van der Waals surface area (Å²) in [6.45, 7) is 14.9. The van der Waals surface area contributed by atoms with Gasteiger partial charge in [0.15, 0.2) is 10.9 Å². The molecule has 6 nitrogen and oxygen atoms in total. The highest BCUT2D eigenvalue weighted by molar-refractivity contribution is 7.16. The Balaban J connectivity index is 1.68. The predicted octanol–water partition coefficient (Wildman–Crippen LogP) is 13.7. The molecule has 2 aliphatic carbocycles. The standard InChI is InChI=1S/C48H77N3O3S/c1-6-10-14-18-22-26-34-50(35-27-23-19-15-11-7-2)40-30-31-41(43(52)38-40)45-46(53)42(47(45)54)32-33-44-39(5)49-48(55-44)51(36-28-24-20-16-12-8-3)37-29-25-21-17-13-9-4/h30-33,38,53H,6-29,34-37H2,1-5H3/b33-32+,45-41?. The van der Waals surface area contributed by atoms with Crippen molar-refractivity contribution in [3.8, 4) is 0 Å². The predicted molar refractivity (Wildman–Crippen MR) is 237 cm³/mol. The summed E-state index contributed by atoms with van der Waals surface area (Å²) in [4.78, 5) is 37.7. The third-order valence-corrected chi connectivity index (χ3v) is 12.4. The van der Waals surface area contributed by atoms with Crippen LogP contribution in [0, 0.1) is 6.92 Å². The van der Waals surface area contributed by atoms with Gasteiger partial charge in [-0.25, -0.2) is 4.98 Å². The van der Waals surface area contributed by atoms with E-state index in [1.807, 2.05) is 19.1 Å². The van der Waals surface area contributed by atoms with Crippen molar-refractivity contribution in [3.63, 3.8) is 0 Å². The largest absolute Gasteiger partial charge is 0.506 e. The van der Waals surface area contributed by atoms with Crippen molar-refractivity contribution in [3.05, 3.63) is 63.1 Å². The maximum atomic E-state index is 13.5. The molecule has 1 aromatic heterocycles. The number of thiazole rings is 1. The number of aromatic nitrogens is 1. The molecule has 0 fully saturated rings. The lowest BCUT2D eigenvalue weighted by molar-refractivity contribution is -0.115. The maximum absolute atomic E-state index is 13.5. The molecular weight excluding hydrogens is 699 g/mol. The SMILES string of the molecule is CCCCCCCCN(CCCCCCCC)C1=CC(=O)C(=C2C(=O)C(/C=C/c3sc(N(CCCCCCCC)CCCCCCCC)nc3C)=C2O)C=C1. The highest BCUT2D eigenvalue weighted by Crippen LogP contribution is 2.36. The van der Waals surface area contributed by atoms with Crippen LogP contribution < -0.4 is 4.90 Å². The number of carbonyl (C=O) groups excluding carboxylic acids is 2. The van der Waals surface area contributed by atoms with E-state index in [1.54, 1.807) is 29.6 Å². The fourth-order valence-electron chi connectivity index (χ4n) is 7.59. The Labute approximate surface area is 340 Å². The zero-order valence-electron chi connectivity index (χ0n) is 35.7.